The maximum absolute atomic E-state index is 9.66. The van der Waals surface area contributed by atoms with Crippen LogP contribution in [-0.2, 0) is 0 Å². The molecule has 0 aliphatic heterocycles. The second kappa shape index (κ2) is 3.44. The van der Waals surface area contributed by atoms with E-state index in [-0.39, 0.29) is 0 Å². The van der Waals surface area contributed by atoms with Crippen LogP contribution in [0.1, 0.15) is 31.2 Å². The van der Waals surface area contributed by atoms with E-state index in [4.69, 9.17) is 0 Å². The highest BCUT2D eigenvalue weighted by atomic mass is 16.3. The molecule has 0 amide bonds. The molecule has 1 aromatic heterocycles. The first-order chi connectivity index (χ1) is 5.91. The van der Waals surface area contributed by atoms with Crippen molar-refractivity contribution in [3.63, 3.8) is 0 Å². The Bertz CT molecular complexity index is 274. The largest absolute Gasteiger partial charge is 0.387 e. The van der Waals surface area contributed by atoms with Crippen molar-refractivity contribution in [2.75, 3.05) is 0 Å². The van der Waals surface area contributed by atoms with Crippen LogP contribution in [0.15, 0.2) is 18.3 Å². The Hall–Kier alpha value is -0.930. The smallest absolute Gasteiger partial charge is 0.109 e. The lowest BCUT2D eigenvalue weighted by atomic mass is 9.96. The second-order valence-electron chi connectivity index (χ2n) is 3.79. The summed E-state index contributed by atoms with van der Waals surface area (Å²) in [6.07, 6.45) is 0.693. The van der Waals surface area contributed by atoms with Crippen LogP contribution in [0.2, 0.25) is 0 Å². The fourth-order valence-corrected chi connectivity index (χ4v) is 1.05. The van der Waals surface area contributed by atoms with E-state index in [0.717, 1.165) is 5.69 Å². The van der Waals surface area contributed by atoms with E-state index in [9.17, 15) is 10.2 Å². The molecule has 0 aliphatic carbocycles. The van der Waals surface area contributed by atoms with Crippen molar-refractivity contribution in [2.45, 2.75) is 32.5 Å². The lowest BCUT2D eigenvalue weighted by Crippen LogP contribution is -2.28. The van der Waals surface area contributed by atoms with Crippen LogP contribution in [0.3, 0.4) is 0 Å². The molecular formula is C10H15NO2. The molecule has 1 atom stereocenters. The Balaban J connectivity index is 2.90. The third-order valence-electron chi connectivity index (χ3n) is 1.92. The summed E-state index contributed by atoms with van der Waals surface area (Å²) in [5, 5.41) is 19.2. The Morgan fingerprint density at radius 2 is 2.00 bits per heavy atom. The van der Waals surface area contributed by atoms with Crippen molar-refractivity contribution >= 4 is 0 Å². The van der Waals surface area contributed by atoms with Crippen LogP contribution >= 0.6 is 0 Å². The SMILES string of the molecule is Cc1ccc(C(O)C(C)(C)O)cn1. The number of aliphatic hydroxyl groups excluding tert-OH is 1. The maximum atomic E-state index is 9.66. The monoisotopic (exact) mass is 181 g/mol. The molecule has 1 unspecified atom stereocenters. The van der Waals surface area contributed by atoms with Gasteiger partial charge in [0, 0.05) is 17.5 Å². The number of hydrogen-bond donors (Lipinski definition) is 2. The maximum Gasteiger partial charge on any atom is 0.109 e. The van der Waals surface area contributed by atoms with Gasteiger partial charge in [0.05, 0.1) is 5.60 Å². The number of aliphatic hydroxyl groups is 2. The normalized spacial score (nSPS) is 14.2. The van der Waals surface area contributed by atoms with Gasteiger partial charge in [0.15, 0.2) is 0 Å². The molecule has 3 nitrogen and oxygen atoms in total. The minimum absolute atomic E-state index is 0.637. The van der Waals surface area contributed by atoms with Crippen molar-refractivity contribution in [1.82, 2.24) is 4.98 Å². The predicted molar refractivity (Wildman–Crippen MR) is 50.2 cm³/mol. The van der Waals surface area contributed by atoms with Gasteiger partial charge in [-0.05, 0) is 26.8 Å². The van der Waals surface area contributed by atoms with Gasteiger partial charge in [0.2, 0.25) is 0 Å². The molecule has 0 radical (unpaired) electrons. The van der Waals surface area contributed by atoms with Gasteiger partial charge in [-0.15, -0.1) is 0 Å². The van der Waals surface area contributed by atoms with E-state index in [2.05, 4.69) is 4.98 Å². The van der Waals surface area contributed by atoms with E-state index in [0.29, 0.717) is 5.56 Å². The summed E-state index contributed by atoms with van der Waals surface area (Å²) in [7, 11) is 0. The van der Waals surface area contributed by atoms with E-state index >= 15 is 0 Å². The van der Waals surface area contributed by atoms with Crippen molar-refractivity contribution in [1.29, 1.82) is 0 Å². The molecule has 1 heterocycles. The van der Waals surface area contributed by atoms with E-state index in [1.165, 1.54) is 0 Å². The molecule has 2 N–H and O–H groups in total. The van der Waals surface area contributed by atoms with Gasteiger partial charge in [0.25, 0.3) is 0 Å². The summed E-state index contributed by atoms with van der Waals surface area (Å²) < 4.78 is 0. The molecule has 3 heteroatoms. The van der Waals surface area contributed by atoms with E-state index < -0.39 is 11.7 Å². The quantitative estimate of drug-likeness (QED) is 0.720. The topological polar surface area (TPSA) is 53.4 Å². The summed E-state index contributed by atoms with van der Waals surface area (Å²) in [5.74, 6) is 0. The summed E-state index contributed by atoms with van der Waals surface area (Å²) >= 11 is 0. The Labute approximate surface area is 78.1 Å². The Morgan fingerprint density at radius 1 is 1.38 bits per heavy atom. The molecular weight excluding hydrogens is 166 g/mol. The van der Waals surface area contributed by atoms with Crippen molar-refractivity contribution in [3.8, 4) is 0 Å². The van der Waals surface area contributed by atoms with Gasteiger partial charge < -0.3 is 10.2 Å². The van der Waals surface area contributed by atoms with E-state index in [1.54, 1.807) is 26.1 Å². The van der Waals surface area contributed by atoms with Gasteiger partial charge in [-0.3, -0.25) is 4.98 Å². The molecule has 0 aliphatic rings. The van der Waals surface area contributed by atoms with Gasteiger partial charge in [-0.25, -0.2) is 0 Å². The third-order valence-corrected chi connectivity index (χ3v) is 1.92. The molecule has 0 aromatic carbocycles. The molecule has 0 fully saturated rings. The molecule has 0 saturated heterocycles. The predicted octanol–water partition coefficient (Wildman–Crippen LogP) is 1.19. The minimum Gasteiger partial charge on any atom is -0.387 e. The number of aryl methyl sites for hydroxylation is 1. The average molecular weight is 181 g/mol. The molecule has 13 heavy (non-hydrogen) atoms. The molecule has 1 aromatic rings. The highest BCUT2D eigenvalue weighted by molar-refractivity contribution is 5.17. The second-order valence-corrected chi connectivity index (χ2v) is 3.79. The summed E-state index contributed by atoms with van der Waals surface area (Å²) in [4.78, 5) is 4.04. The van der Waals surface area contributed by atoms with Crippen LogP contribution in [0.4, 0.5) is 0 Å². The molecule has 0 bridgehead atoms. The average Bonchev–Trinajstić information content (AvgIpc) is 2.03. The Kier molecular flexibility index (Phi) is 2.68. The minimum atomic E-state index is -1.13. The number of pyridine rings is 1. The highest BCUT2D eigenvalue weighted by Crippen LogP contribution is 2.24. The molecule has 0 spiro atoms. The first kappa shape index (κ1) is 10.2. The van der Waals surface area contributed by atoms with Gasteiger partial charge >= 0.3 is 0 Å². The zero-order chi connectivity index (χ0) is 10.1. The van der Waals surface area contributed by atoms with Crippen molar-refractivity contribution < 1.29 is 10.2 Å². The zero-order valence-corrected chi connectivity index (χ0v) is 8.15. The third kappa shape index (κ3) is 2.50. The van der Waals surface area contributed by atoms with Crippen LogP contribution < -0.4 is 0 Å². The van der Waals surface area contributed by atoms with Crippen LogP contribution in [-0.4, -0.2) is 20.8 Å². The summed E-state index contributed by atoms with van der Waals surface area (Å²) in [5.41, 5.74) is 0.404. The summed E-state index contributed by atoms with van der Waals surface area (Å²) in [6, 6.07) is 3.58. The van der Waals surface area contributed by atoms with Gasteiger partial charge in [0.1, 0.15) is 6.10 Å². The lowest BCUT2D eigenvalue weighted by molar-refractivity contribution is -0.0498. The lowest BCUT2D eigenvalue weighted by Gasteiger charge is -2.24. The van der Waals surface area contributed by atoms with Crippen LogP contribution in [0.25, 0.3) is 0 Å². The Morgan fingerprint density at radius 3 is 2.38 bits per heavy atom. The number of aromatic nitrogens is 1. The molecule has 72 valence electrons. The molecule has 0 saturated carbocycles. The first-order valence-corrected chi connectivity index (χ1v) is 4.24. The fourth-order valence-electron chi connectivity index (χ4n) is 1.05. The highest BCUT2D eigenvalue weighted by Gasteiger charge is 2.25. The van der Waals surface area contributed by atoms with Crippen LogP contribution in [0, 0.1) is 6.92 Å². The van der Waals surface area contributed by atoms with Gasteiger partial charge in [-0.2, -0.15) is 0 Å². The van der Waals surface area contributed by atoms with Crippen molar-refractivity contribution in [3.05, 3.63) is 29.6 Å². The summed E-state index contributed by atoms with van der Waals surface area (Å²) in [6.45, 7) is 5.01. The zero-order valence-electron chi connectivity index (χ0n) is 8.15. The molecule has 1 rings (SSSR count). The number of rotatable bonds is 2. The first-order valence-electron chi connectivity index (χ1n) is 4.24. The van der Waals surface area contributed by atoms with E-state index in [1.807, 2.05) is 13.0 Å². The number of nitrogens with zero attached hydrogens (tertiary/aromatic N) is 1. The standard InChI is InChI=1S/C10H15NO2/c1-7-4-5-8(6-11-7)9(12)10(2,3)13/h4-6,9,12-13H,1-3H3. The van der Waals surface area contributed by atoms with Gasteiger partial charge in [-0.1, -0.05) is 6.07 Å². The van der Waals surface area contributed by atoms with Crippen molar-refractivity contribution in [2.24, 2.45) is 0 Å². The fraction of sp³-hybridized carbons (Fsp3) is 0.500. The number of hydrogen-bond acceptors (Lipinski definition) is 3. The van der Waals surface area contributed by atoms with Crippen LogP contribution in [0.5, 0.6) is 0 Å².